The third-order valence-electron chi connectivity index (χ3n) is 6.02. The Morgan fingerprint density at radius 2 is 1.10 bits per heavy atom. The van der Waals surface area contributed by atoms with Gasteiger partial charge in [0.25, 0.3) is 5.97 Å². The van der Waals surface area contributed by atoms with Crippen LogP contribution in [0.1, 0.15) is 11.1 Å². The highest BCUT2D eigenvalue weighted by Crippen LogP contribution is 2.56. The van der Waals surface area contributed by atoms with Crippen molar-refractivity contribution in [2.24, 2.45) is 0 Å². The average Bonchev–Trinajstić information content (AvgIpc) is 2.84. The van der Waals surface area contributed by atoms with Gasteiger partial charge in [0.05, 0.1) is 0 Å². The van der Waals surface area contributed by atoms with Crippen LogP contribution in [0.4, 0.5) is 0 Å². The highest BCUT2D eigenvalue weighted by atomic mass is 29.3. The maximum absolute atomic E-state index is 6.64. The number of hydrogen-bond donors (Lipinski definition) is 0. The molecule has 164 valence electrons. The molecular weight excluding hydrogens is 420 g/mol. The summed E-state index contributed by atoms with van der Waals surface area (Å²) in [4.78, 5) is 0. The van der Waals surface area contributed by atoms with Crippen LogP contribution in [0.5, 0.6) is 0 Å². The van der Waals surface area contributed by atoms with Crippen molar-refractivity contribution in [3.63, 3.8) is 0 Å². The van der Waals surface area contributed by atoms with Gasteiger partial charge in [-0.25, -0.2) is 0 Å². The fourth-order valence-corrected chi connectivity index (χ4v) is 14.5. The summed E-state index contributed by atoms with van der Waals surface area (Å²) in [5, 5.41) is 0. The Morgan fingerprint density at radius 1 is 0.667 bits per heavy atom. The number of methoxy groups -OCH3 is 2. The second kappa shape index (κ2) is 8.99. The largest absolute Gasteiger partial charge is 0.542 e. The summed E-state index contributed by atoms with van der Waals surface area (Å²) in [7, 11) is 2.72. The summed E-state index contributed by atoms with van der Waals surface area (Å²) < 4.78 is 42.7. The maximum Gasteiger partial charge on any atom is 0.542 e. The molecule has 0 unspecified atom stereocenters. The van der Waals surface area contributed by atoms with Crippen LogP contribution in [0.25, 0.3) is 0 Å². The van der Waals surface area contributed by atoms with Gasteiger partial charge < -0.3 is 31.6 Å². The van der Waals surface area contributed by atoms with E-state index in [0.29, 0.717) is 6.04 Å². The van der Waals surface area contributed by atoms with Crippen LogP contribution in [0.2, 0.25) is 6.04 Å². The first-order valence-electron chi connectivity index (χ1n) is 9.61. The predicted octanol–water partition coefficient (Wildman–Crippen LogP) is 2.99. The van der Waals surface area contributed by atoms with E-state index in [1.807, 2.05) is 60.7 Å². The molecule has 3 rings (SSSR count). The fourth-order valence-electron chi connectivity index (χ4n) is 4.55. The van der Waals surface area contributed by atoms with Crippen molar-refractivity contribution in [2.45, 2.75) is 17.4 Å². The van der Waals surface area contributed by atoms with E-state index in [1.165, 1.54) is 0 Å². The summed E-state index contributed by atoms with van der Waals surface area (Å²) >= 11 is 0. The van der Waals surface area contributed by atoms with Crippen molar-refractivity contribution >= 4 is 16.4 Å². The first kappa shape index (κ1) is 23.3. The Labute approximate surface area is 180 Å². The molecule has 0 aromatic heterocycles. The van der Waals surface area contributed by atoms with Crippen molar-refractivity contribution in [1.29, 1.82) is 0 Å². The molecule has 1 aliphatic heterocycles. The predicted molar refractivity (Wildman–Crippen MR) is 116 cm³/mol. The Balaban J connectivity index is 2.42. The van der Waals surface area contributed by atoms with Crippen LogP contribution in [0, 0.1) is 0 Å². The zero-order valence-corrected chi connectivity index (χ0v) is 20.3. The van der Waals surface area contributed by atoms with Crippen LogP contribution in [0.15, 0.2) is 60.7 Å². The molecule has 1 aliphatic rings. The van der Waals surface area contributed by atoms with Crippen LogP contribution < -0.4 is 0 Å². The molecule has 1 fully saturated rings. The minimum Gasteiger partial charge on any atom is -0.395 e. The molecule has 0 radical (unpaired) electrons. The minimum atomic E-state index is -3.50. The molecule has 0 N–H and O–H groups in total. The van der Waals surface area contributed by atoms with Crippen molar-refractivity contribution in [3.8, 4) is 0 Å². The lowest BCUT2D eigenvalue weighted by Crippen LogP contribution is -2.82. The maximum atomic E-state index is 6.64. The monoisotopic (exact) mass is 450 g/mol. The average molecular weight is 451 g/mol. The molecule has 2 aromatic carbocycles. The molecule has 7 nitrogen and oxygen atoms in total. The van der Waals surface area contributed by atoms with Crippen LogP contribution in [-0.2, 0) is 37.0 Å². The molecule has 30 heavy (non-hydrogen) atoms. The van der Waals surface area contributed by atoms with Gasteiger partial charge in [-0.05, 0) is 11.1 Å². The first-order chi connectivity index (χ1) is 14.5. The van der Waals surface area contributed by atoms with Crippen molar-refractivity contribution in [1.82, 2.24) is 0 Å². The Morgan fingerprint density at radius 3 is 1.43 bits per heavy atom. The number of benzene rings is 2. The van der Waals surface area contributed by atoms with Gasteiger partial charge >= 0.3 is 16.4 Å². The Bertz CT molecular complexity index is 767. The molecule has 0 spiro atoms. The summed E-state index contributed by atoms with van der Waals surface area (Å²) in [5.41, 5.74) is 0.978. The van der Waals surface area contributed by atoms with E-state index in [-0.39, 0.29) is 0 Å². The van der Waals surface area contributed by atoms with Crippen molar-refractivity contribution < 1.29 is 31.6 Å². The first-order valence-corrected chi connectivity index (χ1v) is 14.4. The molecule has 0 aliphatic carbocycles. The molecule has 0 bridgehead atoms. The molecule has 9 heteroatoms. The summed E-state index contributed by atoms with van der Waals surface area (Å²) in [6.45, 7) is 0. The van der Waals surface area contributed by atoms with Gasteiger partial charge in [-0.3, -0.25) is 0 Å². The highest BCUT2D eigenvalue weighted by molar-refractivity contribution is 7.29. The van der Waals surface area contributed by atoms with E-state index < -0.39 is 27.8 Å². The van der Waals surface area contributed by atoms with Gasteiger partial charge in [-0.2, -0.15) is 0 Å². The van der Waals surface area contributed by atoms with E-state index in [9.17, 15) is 0 Å². The number of ether oxygens (including phenoxy) is 2. The van der Waals surface area contributed by atoms with Gasteiger partial charge in [0, 0.05) is 48.7 Å². The molecule has 0 amide bonds. The molecule has 1 saturated heterocycles. The van der Waals surface area contributed by atoms with Gasteiger partial charge in [0.1, 0.15) is 5.41 Å². The van der Waals surface area contributed by atoms with Crippen LogP contribution >= 0.6 is 0 Å². The van der Waals surface area contributed by atoms with Crippen LogP contribution in [-0.4, -0.2) is 65.0 Å². The number of rotatable bonds is 8. The molecule has 0 saturated carbocycles. The van der Waals surface area contributed by atoms with Gasteiger partial charge in [0.2, 0.25) is 0 Å². The van der Waals surface area contributed by atoms with Crippen LogP contribution in [0.3, 0.4) is 0 Å². The second-order valence-electron chi connectivity index (χ2n) is 7.01. The summed E-state index contributed by atoms with van der Waals surface area (Å²) in [6.07, 6.45) is 0. The van der Waals surface area contributed by atoms with Crippen molar-refractivity contribution in [3.05, 3.63) is 71.8 Å². The normalized spacial score (nSPS) is 21.3. The van der Waals surface area contributed by atoms with Gasteiger partial charge in [-0.1, -0.05) is 60.7 Å². The highest BCUT2D eigenvalue weighted by Gasteiger charge is 2.80. The molecular formula is C21H30O7Si2. The van der Waals surface area contributed by atoms with E-state index >= 15 is 0 Å². The lowest BCUT2D eigenvalue weighted by molar-refractivity contribution is -0.368. The van der Waals surface area contributed by atoms with Gasteiger partial charge in [0.15, 0.2) is 0 Å². The van der Waals surface area contributed by atoms with Gasteiger partial charge in [-0.15, -0.1) is 0 Å². The second-order valence-corrected chi connectivity index (χ2v) is 15.9. The quantitative estimate of drug-likeness (QED) is 0.452. The lowest BCUT2D eigenvalue weighted by atomic mass is 9.73. The topological polar surface area (TPSA) is 64.6 Å². The molecule has 0 atom stereocenters. The SMILES string of the molecule is COC1(OC)O[Si](OC)(OC)[Si](OC)(OC)CC1(c1ccccc1)c1ccccc1. The zero-order chi connectivity index (χ0) is 21.9. The van der Waals surface area contributed by atoms with E-state index in [4.69, 9.17) is 31.6 Å². The van der Waals surface area contributed by atoms with Crippen molar-refractivity contribution in [2.75, 3.05) is 42.7 Å². The van der Waals surface area contributed by atoms with E-state index in [2.05, 4.69) is 0 Å². The molecule has 2 aromatic rings. The fraction of sp³-hybridized carbons (Fsp3) is 0.429. The lowest BCUT2D eigenvalue weighted by Gasteiger charge is -2.58. The summed E-state index contributed by atoms with van der Waals surface area (Å²) in [5.74, 6) is -1.54. The Kier molecular flexibility index (Phi) is 6.97. The smallest absolute Gasteiger partial charge is 0.395 e. The minimum absolute atomic E-state index is 0.399. The molecule has 1 heterocycles. The third-order valence-corrected chi connectivity index (χ3v) is 17.0. The standard InChI is InChI=1S/C21H30O7Si2/c1-22-21(23-2)20(18-13-9-7-10-14-18,19-15-11-8-12-16-19)17-29(24-3,25-4)30(26-5,27-6)28-21/h7-16H,17H2,1-6H3. The zero-order valence-electron chi connectivity index (χ0n) is 18.3. The van der Waals surface area contributed by atoms with E-state index in [0.717, 1.165) is 11.1 Å². The van der Waals surface area contributed by atoms with E-state index in [1.54, 1.807) is 42.7 Å². The number of hydrogen-bond acceptors (Lipinski definition) is 7. The Hall–Kier alpha value is -1.41. The summed E-state index contributed by atoms with van der Waals surface area (Å²) in [6, 6.07) is 20.4. The third kappa shape index (κ3) is 3.13.